The van der Waals surface area contributed by atoms with Crippen molar-refractivity contribution >= 4 is 40.1 Å². The molecular formula is C22H20ClN5O5. The van der Waals surface area contributed by atoms with E-state index in [2.05, 4.69) is 9.97 Å². The smallest absolute Gasteiger partial charge is 0.261 e. The van der Waals surface area contributed by atoms with Crippen molar-refractivity contribution in [1.82, 2.24) is 19.4 Å². The molecule has 4 unspecified atom stereocenters. The van der Waals surface area contributed by atoms with Gasteiger partial charge >= 0.3 is 0 Å². The molecule has 2 fully saturated rings. The molecule has 170 valence electrons. The second kappa shape index (κ2) is 6.97. The number of imide groups is 1. The maximum atomic E-state index is 12.9. The molecule has 0 bridgehead atoms. The quantitative estimate of drug-likeness (QED) is 0.458. The Kier molecular flexibility index (Phi) is 4.34. The second-order valence-electron chi connectivity index (χ2n) is 8.75. The lowest BCUT2D eigenvalue weighted by molar-refractivity contribution is -0.196. The van der Waals surface area contributed by atoms with Gasteiger partial charge in [-0.15, -0.1) is 0 Å². The van der Waals surface area contributed by atoms with E-state index in [4.69, 9.17) is 31.5 Å². The lowest BCUT2D eigenvalue weighted by Crippen LogP contribution is -2.42. The van der Waals surface area contributed by atoms with E-state index in [1.807, 2.05) is 13.8 Å². The summed E-state index contributed by atoms with van der Waals surface area (Å²) in [6.45, 7) is 3.64. The van der Waals surface area contributed by atoms with Crippen LogP contribution in [0.15, 0.2) is 36.8 Å². The number of aromatic nitrogens is 3. The third-order valence-corrected chi connectivity index (χ3v) is 6.52. The molecule has 5 heterocycles. The molecule has 2 aromatic heterocycles. The summed E-state index contributed by atoms with van der Waals surface area (Å²) >= 11 is 6.23. The third kappa shape index (κ3) is 2.98. The summed E-state index contributed by atoms with van der Waals surface area (Å²) in [7, 11) is 0. The van der Waals surface area contributed by atoms with Crippen LogP contribution in [-0.4, -0.2) is 61.9 Å². The summed E-state index contributed by atoms with van der Waals surface area (Å²) in [5.41, 5.74) is 7.83. The first kappa shape index (κ1) is 20.5. The first-order chi connectivity index (χ1) is 15.7. The Morgan fingerprint density at radius 2 is 1.76 bits per heavy atom. The fourth-order valence-corrected chi connectivity index (χ4v) is 5.12. The first-order valence-electron chi connectivity index (χ1n) is 10.5. The van der Waals surface area contributed by atoms with Crippen molar-refractivity contribution in [3.8, 4) is 0 Å². The molecule has 33 heavy (non-hydrogen) atoms. The fraction of sp³-hybridized carbons (Fsp3) is 0.364. The molecule has 3 aliphatic heterocycles. The van der Waals surface area contributed by atoms with Gasteiger partial charge < -0.3 is 24.5 Å². The molecule has 6 rings (SSSR count). The maximum absolute atomic E-state index is 12.9. The number of hydrogen-bond acceptors (Lipinski definition) is 8. The maximum Gasteiger partial charge on any atom is 0.261 e. The number of hydrogen-bond donors (Lipinski definition) is 1. The number of nitrogens with zero attached hydrogens (tertiary/aromatic N) is 4. The average molecular weight is 470 g/mol. The molecule has 2 N–H and O–H groups in total. The van der Waals surface area contributed by atoms with E-state index in [1.54, 1.807) is 35.0 Å². The van der Waals surface area contributed by atoms with Crippen molar-refractivity contribution in [3.05, 3.63) is 53.1 Å². The van der Waals surface area contributed by atoms with Crippen LogP contribution in [0.3, 0.4) is 0 Å². The van der Waals surface area contributed by atoms with Crippen LogP contribution in [0, 0.1) is 0 Å². The van der Waals surface area contributed by atoms with Crippen LogP contribution in [0.1, 0.15) is 40.8 Å². The molecular weight excluding hydrogens is 450 g/mol. The Morgan fingerprint density at radius 1 is 1.09 bits per heavy atom. The third-order valence-electron chi connectivity index (χ3n) is 6.23. The number of amides is 2. The van der Waals surface area contributed by atoms with Gasteiger partial charge in [-0.3, -0.25) is 14.5 Å². The lowest BCUT2D eigenvalue weighted by atomic mass is 10.1. The van der Waals surface area contributed by atoms with Crippen LogP contribution in [0.2, 0.25) is 5.15 Å². The monoisotopic (exact) mass is 469 g/mol. The zero-order valence-electron chi connectivity index (χ0n) is 17.8. The van der Waals surface area contributed by atoms with Crippen molar-refractivity contribution in [2.75, 3.05) is 12.3 Å². The number of nitrogen functional groups attached to an aromatic ring is 1. The van der Waals surface area contributed by atoms with Crippen LogP contribution in [0.4, 0.5) is 5.69 Å². The van der Waals surface area contributed by atoms with Gasteiger partial charge in [0.05, 0.1) is 28.7 Å². The summed E-state index contributed by atoms with van der Waals surface area (Å²) < 4.78 is 20.4. The Morgan fingerprint density at radius 3 is 2.45 bits per heavy atom. The van der Waals surface area contributed by atoms with E-state index in [0.29, 0.717) is 27.8 Å². The molecule has 0 spiro atoms. The molecule has 0 saturated carbocycles. The zero-order chi connectivity index (χ0) is 23.1. The number of halogens is 1. The highest BCUT2D eigenvalue weighted by Gasteiger charge is 2.57. The molecule has 3 aromatic rings. The van der Waals surface area contributed by atoms with Crippen molar-refractivity contribution in [1.29, 1.82) is 0 Å². The largest absolute Gasteiger partial charge is 0.397 e. The number of ether oxygens (including phenoxy) is 3. The van der Waals surface area contributed by atoms with Crippen molar-refractivity contribution in [2.45, 2.75) is 44.2 Å². The SMILES string of the molecule is CC1(C)OC2C(CN3C(=O)c4ccccc4C3=O)OC(n3cc(N)c4c(Cl)ncnc43)C2O1. The minimum Gasteiger partial charge on any atom is -0.397 e. The molecule has 1 aromatic carbocycles. The summed E-state index contributed by atoms with van der Waals surface area (Å²) in [5.74, 6) is -1.58. The Hall–Kier alpha value is -3.05. The van der Waals surface area contributed by atoms with Crippen LogP contribution >= 0.6 is 11.6 Å². The van der Waals surface area contributed by atoms with Gasteiger partial charge in [0, 0.05) is 6.20 Å². The minimum atomic E-state index is -0.876. The molecule has 2 saturated heterocycles. The molecule has 3 aliphatic rings. The summed E-state index contributed by atoms with van der Waals surface area (Å²) in [5, 5.41) is 0.749. The number of carbonyl (C=O) groups excluding carboxylic acids is 2. The van der Waals surface area contributed by atoms with Gasteiger partial charge in [-0.2, -0.15) is 0 Å². The number of rotatable bonds is 3. The normalized spacial score (nSPS) is 28.0. The molecule has 2 amide bonds. The predicted molar refractivity (Wildman–Crippen MR) is 116 cm³/mol. The predicted octanol–water partition coefficient (Wildman–Crippen LogP) is 2.38. The minimum absolute atomic E-state index is 0.0217. The molecule has 10 nitrogen and oxygen atoms in total. The molecule has 11 heteroatoms. The van der Waals surface area contributed by atoms with E-state index in [-0.39, 0.29) is 23.5 Å². The summed E-state index contributed by atoms with van der Waals surface area (Å²) in [4.78, 5) is 35.3. The number of anilines is 1. The number of fused-ring (bicyclic) bond motifs is 3. The van der Waals surface area contributed by atoms with Gasteiger partial charge in [-0.1, -0.05) is 23.7 Å². The Balaban J connectivity index is 1.36. The van der Waals surface area contributed by atoms with Gasteiger partial charge in [0.1, 0.15) is 35.4 Å². The number of benzene rings is 1. The van der Waals surface area contributed by atoms with E-state index in [1.165, 1.54) is 11.2 Å². The van der Waals surface area contributed by atoms with E-state index >= 15 is 0 Å². The Bertz CT molecular complexity index is 1290. The number of nitrogens with two attached hydrogens (primary N) is 1. The highest BCUT2D eigenvalue weighted by Crippen LogP contribution is 2.45. The molecule has 0 aliphatic carbocycles. The Labute approximate surface area is 193 Å². The fourth-order valence-electron chi connectivity index (χ4n) is 4.88. The second-order valence-corrected chi connectivity index (χ2v) is 9.11. The van der Waals surface area contributed by atoms with E-state index in [0.717, 1.165) is 0 Å². The first-order valence-corrected chi connectivity index (χ1v) is 10.9. The standard InChI is InChI=1S/C22H20ClN5O5/c1-22(2)32-15-13(8-28-19(29)10-5-3-4-6-11(10)20(28)30)31-21(16(15)33-22)27-7-12(24)14-17(23)25-9-26-18(14)27/h3-7,9,13,15-16,21H,8,24H2,1-2H3. The van der Waals surface area contributed by atoms with Crippen LogP contribution in [-0.2, 0) is 14.2 Å². The average Bonchev–Trinajstić information content (AvgIpc) is 3.45. The highest BCUT2D eigenvalue weighted by molar-refractivity contribution is 6.35. The van der Waals surface area contributed by atoms with Gasteiger partial charge in [0.25, 0.3) is 11.8 Å². The summed E-state index contributed by atoms with van der Waals surface area (Å²) in [6.07, 6.45) is 0.683. The van der Waals surface area contributed by atoms with Crippen molar-refractivity contribution < 1.29 is 23.8 Å². The van der Waals surface area contributed by atoms with Crippen LogP contribution < -0.4 is 5.73 Å². The van der Waals surface area contributed by atoms with Gasteiger partial charge in [0.2, 0.25) is 0 Å². The number of carbonyl (C=O) groups is 2. The molecule has 0 radical (unpaired) electrons. The van der Waals surface area contributed by atoms with Gasteiger partial charge in [-0.05, 0) is 26.0 Å². The lowest BCUT2D eigenvalue weighted by Gasteiger charge is -2.26. The van der Waals surface area contributed by atoms with Gasteiger partial charge in [0.15, 0.2) is 12.0 Å². The van der Waals surface area contributed by atoms with Crippen molar-refractivity contribution in [2.24, 2.45) is 0 Å². The highest BCUT2D eigenvalue weighted by atomic mass is 35.5. The zero-order valence-corrected chi connectivity index (χ0v) is 18.5. The van der Waals surface area contributed by atoms with Crippen molar-refractivity contribution in [3.63, 3.8) is 0 Å². The van der Waals surface area contributed by atoms with Crippen LogP contribution in [0.25, 0.3) is 11.0 Å². The summed E-state index contributed by atoms with van der Waals surface area (Å²) in [6, 6.07) is 6.76. The molecule has 4 atom stereocenters. The topological polar surface area (TPSA) is 122 Å². The van der Waals surface area contributed by atoms with Crippen LogP contribution in [0.5, 0.6) is 0 Å². The van der Waals surface area contributed by atoms with E-state index in [9.17, 15) is 9.59 Å². The van der Waals surface area contributed by atoms with E-state index < -0.39 is 30.3 Å². The van der Waals surface area contributed by atoms with Gasteiger partial charge in [-0.25, -0.2) is 9.97 Å².